The van der Waals surface area contributed by atoms with E-state index in [0.717, 1.165) is 24.0 Å². The van der Waals surface area contributed by atoms with Crippen molar-refractivity contribution < 1.29 is 19.1 Å². The fraction of sp³-hybridized carbons (Fsp3) is 0.391. The summed E-state index contributed by atoms with van der Waals surface area (Å²) in [6.07, 6.45) is 3.82. The van der Waals surface area contributed by atoms with Crippen LogP contribution in [0.15, 0.2) is 36.5 Å². The minimum atomic E-state index is -0.322. The number of hydrogen-bond acceptors (Lipinski definition) is 6. The van der Waals surface area contributed by atoms with Crippen LogP contribution in [-0.2, 0) is 14.3 Å². The molecule has 2 heterocycles. The van der Waals surface area contributed by atoms with Gasteiger partial charge in [-0.2, -0.15) is 5.26 Å². The van der Waals surface area contributed by atoms with Gasteiger partial charge in [-0.3, -0.25) is 9.59 Å². The first-order chi connectivity index (χ1) is 15.1. The zero-order chi connectivity index (χ0) is 21.8. The van der Waals surface area contributed by atoms with Crippen molar-refractivity contribution in [1.29, 1.82) is 5.26 Å². The molecule has 2 amide bonds. The van der Waals surface area contributed by atoms with Crippen LogP contribution in [0, 0.1) is 23.2 Å². The number of nitriles is 1. The maximum atomic E-state index is 12.4. The third kappa shape index (κ3) is 4.84. The first-order valence-electron chi connectivity index (χ1n) is 10.4. The number of pyridine rings is 1. The normalized spacial score (nSPS) is 20.4. The highest BCUT2D eigenvalue weighted by Gasteiger charge is 2.47. The predicted molar refractivity (Wildman–Crippen MR) is 113 cm³/mol. The summed E-state index contributed by atoms with van der Waals surface area (Å²) in [7, 11) is 1.57. The lowest BCUT2D eigenvalue weighted by Gasteiger charge is -2.23. The maximum absolute atomic E-state index is 12.4. The number of aromatic nitrogens is 1. The van der Waals surface area contributed by atoms with Gasteiger partial charge in [-0.15, -0.1) is 0 Å². The Morgan fingerprint density at radius 3 is 2.61 bits per heavy atom. The van der Waals surface area contributed by atoms with Crippen molar-refractivity contribution in [2.75, 3.05) is 25.6 Å². The number of rotatable bonds is 6. The highest BCUT2D eigenvalue weighted by molar-refractivity contribution is 5.99. The number of nitrogens with zero attached hydrogens (tertiary/aromatic N) is 2. The number of carbonyl (C=O) groups is 2. The van der Waals surface area contributed by atoms with Crippen molar-refractivity contribution in [3.63, 3.8) is 0 Å². The Balaban J connectivity index is 1.46. The quantitative estimate of drug-likeness (QED) is 0.742. The van der Waals surface area contributed by atoms with E-state index in [0.29, 0.717) is 36.8 Å². The molecule has 160 valence electrons. The molecule has 4 rings (SSSR count). The summed E-state index contributed by atoms with van der Waals surface area (Å²) in [5, 5.41) is 14.9. The Labute approximate surface area is 180 Å². The topological polar surface area (TPSA) is 113 Å². The summed E-state index contributed by atoms with van der Waals surface area (Å²) in [5.41, 5.74) is 2.10. The van der Waals surface area contributed by atoms with E-state index in [-0.39, 0.29) is 29.8 Å². The van der Waals surface area contributed by atoms with Crippen LogP contribution in [0.4, 0.5) is 5.82 Å². The molecule has 0 bridgehead atoms. The second kappa shape index (κ2) is 9.14. The van der Waals surface area contributed by atoms with E-state index >= 15 is 0 Å². The van der Waals surface area contributed by atoms with E-state index in [4.69, 9.17) is 9.47 Å². The van der Waals surface area contributed by atoms with E-state index in [2.05, 4.69) is 21.7 Å². The molecule has 1 aliphatic heterocycles. The number of benzene rings is 1. The molecule has 31 heavy (non-hydrogen) atoms. The van der Waals surface area contributed by atoms with Crippen LogP contribution >= 0.6 is 0 Å². The summed E-state index contributed by atoms with van der Waals surface area (Å²) < 4.78 is 11.4. The molecule has 2 atom stereocenters. The van der Waals surface area contributed by atoms with Crippen LogP contribution < -0.4 is 15.4 Å². The van der Waals surface area contributed by atoms with Crippen molar-refractivity contribution in [3.05, 3.63) is 42.1 Å². The number of nitrogens with one attached hydrogen (secondary N) is 2. The molecule has 1 aromatic carbocycles. The third-order valence-electron chi connectivity index (χ3n) is 5.62. The van der Waals surface area contributed by atoms with Crippen LogP contribution in [-0.4, -0.2) is 43.2 Å². The SMILES string of the molecule is CNC(=O)[C@@H]1C[C@H]1C(=O)Nc1cc(-c2ccc(OC3CCOCC3)c(C#N)c2)ccn1. The molecule has 2 fully saturated rings. The minimum Gasteiger partial charge on any atom is -0.489 e. The van der Waals surface area contributed by atoms with Gasteiger partial charge >= 0.3 is 0 Å². The molecule has 2 aromatic rings. The van der Waals surface area contributed by atoms with Gasteiger partial charge in [0.05, 0.1) is 30.6 Å². The van der Waals surface area contributed by atoms with Gasteiger partial charge in [0.2, 0.25) is 11.8 Å². The number of amides is 2. The van der Waals surface area contributed by atoms with Gasteiger partial charge in [0.15, 0.2) is 0 Å². The van der Waals surface area contributed by atoms with Gasteiger partial charge in [0, 0.05) is 26.1 Å². The first-order valence-corrected chi connectivity index (χ1v) is 10.4. The summed E-state index contributed by atoms with van der Waals surface area (Å²) in [5.74, 6) is 0.0535. The minimum absolute atomic E-state index is 0.0514. The average molecular weight is 420 g/mol. The van der Waals surface area contributed by atoms with Crippen molar-refractivity contribution in [1.82, 2.24) is 10.3 Å². The molecule has 0 unspecified atom stereocenters. The van der Waals surface area contributed by atoms with Gasteiger partial charge in [-0.05, 0) is 41.8 Å². The van der Waals surface area contributed by atoms with Crippen LogP contribution in [0.5, 0.6) is 5.75 Å². The standard InChI is InChI=1S/C23H24N4O4/c1-25-22(28)18-12-19(18)23(29)27-21-11-15(4-7-26-21)14-2-3-20(16(10-14)13-24)31-17-5-8-30-9-6-17/h2-4,7,10-11,17-19H,5-6,8-9,12H2,1H3,(H,25,28)(H,26,27,29)/t18-,19-/m1/s1. The average Bonchev–Trinajstić information content (AvgIpc) is 3.61. The monoisotopic (exact) mass is 420 g/mol. The number of anilines is 1. The zero-order valence-corrected chi connectivity index (χ0v) is 17.3. The summed E-state index contributed by atoms with van der Waals surface area (Å²) >= 11 is 0. The highest BCUT2D eigenvalue weighted by Crippen LogP contribution is 2.39. The molecule has 0 spiro atoms. The molecule has 0 radical (unpaired) electrons. The summed E-state index contributed by atoms with van der Waals surface area (Å²) in [6.45, 7) is 1.34. The molecular formula is C23H24N4O4. The van der Waals surface area contributed by atoms with Crippen molar-refractivity contribution >= 4 is 17.6 Å². The van der Waals surface area contributed by atoms with Gasteiger partial charge < -0.3 is 20.1 Å². The van der Waals surface area contributed by atoms with Gasteiger partial charge in [-0.1, -0.05) is 6.07 Å². The molecule has 1 saturated heterocycles. The Morgan fingerprint density at radius 2 is 1.87 bits per heavy atom. The van der Waals surface area contributed by atoms with Crippen LogP contribution in [0.2, 0.25) is 0 Å². The molecule has 1 aromatic heterocycles. The zero-order valence-electron chi connectivity index (χ0n) is 17.3. The van der Waals surface area contributed by atoms with Crippen molar-refractivity contribution in [2.24, 2.45) is 11.8 Å². The molecule has 1 aliphatic carbocycles. The molecule has 8 nitrogen and oxygen atoms in total. The van der Waals surface area contributed by atoms with Gasteiger partial charge in [0.1, 0.15) is 23.7 Å². The van der Waals surface area contributed by atoms with Crippen molar-refractivity contribution in [3.8, 4) is 22.9 Å². The lowest BCUT2D eigenvalue weighted by atomic mass is 10.0. The van der Waals surface area contributed by atoms with E-state index < -0.39 is 0 Å². The van der Waals surface area contributed by atoms with E-state index in [1.165, 1.54) is 0 Å². The summed E-state index contributed by atoms with van der Waals surface area (Å²) in [4.78, 5) is 28.2. The second-order valence-corrected chi connectivity index (χ2v) is 7.73. The lowest BCUT2D eigenvalue weighted by Crippen LogP contribution is -2.26. The Morgan fingerprint density at radius 1 is 1.13 bits per heavy atom. The van der Waals surface area contributed by atoms with Crippen LogP contribution in [0.25, 0.3) is 11.1 Å². The third-order valence-corrected chi connectivity index (χ3v) is 5.62. The van der Waals surface area contributed by atoms with E-state index in [1.807, 2.05) is 12.1 Å². The predicted octanol–water partition coefficient (Wildman–Crippen LogP) is 2.50. The van der Waals surface area contributed by atoms with Crippen LogP contribution in [0.1, 0.15) is 24.8 Å². The summed E-state index contributed by atoms with van der Waals surface area (Å²) in [6, 6.07) is 11.2. The smallest absolute Gasteiger partial charge is 0.229 e. The first kappa shape index (κ1) is 20.8. The molecule has 2 N–H and O–H groups in total. The van der Waals surface area contributed by atoms with Gasteiger partial charge in [0.25, 0.3) is 0 Å². The van der Waals surface area contributed by atoms with Crippen molar-refractivity contribution in [2.45, 2.75) is 25.4 Å². The number of ether oxygens (including phenoxy) is 2. The molecule has 2 aliphatic rings. The van der Waals surface area contributed by atoms with Gasteiger partial charge in [-0.25, -0.2) is 4.98 Å². The second-order valence-electron chi connectivity index (χ2n) is 7.73. The Bertz CT molecular complexity index is 1030. The van der Waals surface area contributed by atoms with Crippen LogP contribution in [0.3, 0.4) is 0 Å². The number of hydrogen-bond donors (Lipinski definition) is 2. The lowest BCUT2D eigenvalue weighted by molar-refractivity contribution is -0.124. The molecule has 1 saturated carbocycles. The fourth-order valence-corrected chi connectivity index (χ4v) is 3.73. The molecule has 8 heteroatoms. The number of carbonyl (C=O) groups excluding carboxylic acids is 2. The Kier molecular flexibility index (Phi) is 6.14. The largest absolute Gasteiger partial charge is 0.489 e. The van der Waals surface area contributed by atoms with E-state index in [9.17, 15) is 14.9 Å². The van der Waals surface area contributed by atoms with E-state index in [1.54, 1.807) is 31.4 Å². The highest BCUT2D eigenvalue weighted by atomic mass is 16.5. The molecular weight excluding hydrogens is 396 g/mol. The fourth-order valence-electron chi connectivity index (χ4n) is 3.73. The Hall–Kier alpha value is -3.44. The maximum Gasteiger partial charge on any atom is 0.229 e.